The van der Waals surface area contributed by atoms with Gasteiger partial charge in [-0.05, 0) is 65.4 Å². The summed E-state index contributed by atoms with van der Waals surface area (Å²) >= 11 is 12.1. The number of carbonyl (C=O) groups is 1. The van der Waals surface area contributed by atoms with Crippen LogP contribution in [0.1, 0.15) is 17.3 Å². The molecule has 0 bridgehead atoms. The van der Waals surface area contributed by atoms with Crippen LogP contribution in [0, 0.1) is 0 Å². The number of nitrogens with one attached hydrogen (secondary N) is 2. The van der Waals surface area contributed by atoms with E-state index >= 15 is 0 Å². The summed E-state index contributed by atoms with van der Waals surface area (Å²) in [7, 11) is 0. The van der Waals surface area contributed by atoms with Crippen molar-refractivity contribution in [1.82, 2.24) is 0 Å². The monoisotopic (exact) mass is 426 g/mol. The lowest BCUT2D eigenvalue weighted by Gasteiger charge is -2.12. The van der Waals surface area contributed by atoms with Crippen LogP contribution in [-0.2, 0) is 0 Å². The molecule has 0 aliphatic heterocycles. The maximum Gasteiger partial charge on any atom is 0.175 e. The molecule has 2 N–H and O–H groups in total. The number of anilines is 2. The second-order valence-electron chi connectivity index (χ2n) is 4.34. The number of hydrogen-bond acceptors (Lipinski definition) is 2. The molecule has 0 saturated heterocycles. The summed E-state index contributed by atoms with van der Waals surface area (Å²) < 4.78 is 1.88. The van der Waals surface area contributed by atoms with Gasteiger partial charge in [0.25, 0.3) is 0 Å². The highest BCUT2D eigenvalue weighted by molar-refractivity contribution is 9.11. The number of thiocarbonyl (C=S) groups is 1. The van der Waals surface area contributed by atoms with E-state index in [-0.39, 0.29) is 5.78 Å². The van der Waals surface area contributed by atoms with E-state index in [1.54, 1.807) is 12.1 Å². The summed E-state index contributed by atoms with van der Waals surface area (Å²) in [5, 5.41) is 6.62. The maximum atomic E-state index is 11.4. The first-order chi connectivity index (χ1) is 9.95. The average Bonchev–Trinajstić information content (AvgIpc) is 2.42. The fourth-order valence-corrected chi connectivity index (χ4v) is 3.07. The molecule has 2 aromatic carbocycles. The Bertz CT molecular complexity index is 704. The zero-order valence-corrected chi connectivity index (χ0v) is 15.1. The number of carbonyl (C=O) groups excluding carboxylic acids is 1. The molecule has 0 aliphatic carbocycles. The normalized spacial score (nSPS) is 10.0. The van der Waals surface area contributed by atoms with Crippen molar-refractivity contribution in [3.63, 3.8) is 0 Å². The third-order valence-electron chi connectivity index (χ3n) is 2.71. The molecule has 3 nitrogen and oxygen atoms in total. The van der Waals surface area contributed by atoms with Crippen LogP contribution in [0.4, 0.5) is 11.4 Å². The van der Waals surface area contributed by atoms with E-state index in [2.05, 4.69) is 42.5 Å². The largest absolute Gasteiger partial charge is 0.332 e. The summed E-state index contributed by atoms with van der Waals surface area (Å²) in [6.07, 6.45) is 0. The molecular formula is C15H12Br2N2OS. The second-order valence-corrected chi connectivity index (χ2v) is 6.52. The Morgan fingerprint density at radius 1 is 1.10 bits per heavy atom. The van der Waals surface area contributed by atoms with Gasteiger partial charge in [-0.2, -0.15) is 0 Å². The van der Waals surface area contributed by atoms with Gasteiger partial charge in [0.15, 0.2) is 10.9 Å². The van der Waals surface area contributed by atoms with Crippen LogP contribution in [0.2, 0.25) is 0 Å². The van der Waals surface area contributed by atoms with Crippen molar-refractivity contribution in [1.29, 1.82) is 0 Å². The van der Waals surface area contributed by atoms with E-state index in [1.807, 2.05) is 30.3 Å². The van der Waals surface area contributed by atoms with Crippen LogP contribution < -0.4 is 10.6 Å². The van der Waals surface area contributed by atoms with E-state index in [9.17, 15) is 4.79 Å². The first-order valence-corrected chi connectivity index (χ1v) is 8.09. The van der Waals surface area contributed by atoms with Gasteiger partial charge >= 0.3 is 0 Å². The Labute approximate surface area is 145 Å². The Morgan fingerprint density at radius 2 is 1.86 bits per heavy atom. The summed E-state index contributed by atoms with van der Waals surface area (Å²) in [6, 6.07) is 13.0. The molecule has 2 rings (SSSR count). The molecule has 6 heteroatoms. The third-order valence-corrected chi connectivity index (χ3v) is 4.06. The van der Waals surface area contributed by atoms with Gasteiger partial charge < -0.3 is 10.6 Å². The highest BCUT2D eigenvalue weighted by atomic mass is 79.9. The van der Waals surface area contributed by atoms with E-state index < -0.39 is 0 Å². The van der Waals surface area contributed by atoms with Crippen molar-refractivity contribution in [2.75, 3.05) is 10.6 Å². The quantitative estimate of drug-likeness (QED) is 0.520. The zero-order valence-electron chi connectivity index (χ0n) is 11.1. The Kier molecular flexibility index (Phi) is 5.50. The number of hydrogen-bond donors (Lipinski definition) is 2. The Morgan fingerprint density at radius 3 is 2.52 bits per heavy atom. The van der Waals surface area contributed by atoms with Gasteiger partial charge in [0.1, 0.15) is 0 Å². The van der Waals surface area contributed by atoms with Gasteiger partial charge in [-0.3, -0.25) is 4.79 Å². The van der Waals surface area contributed by atoms with Crippen LogP contribution in [0.3, 0.4) is 0 Å². The molecule has 0 amide bonds. The standard InChI is InChI=1S/C15H12Br2N2OS/c1-9(20)10-3-2-4-12(7-10)18-15(21)19-14-6-5-11(16)8-13(14)17/h2-8H,1H3,(H2,18,19,21). The molecule has 0 saturated carbocycles. The first kappa shape index (κ1) is 16.1. The van der Waals surface area contributed by atoms with Gasteiger partial charge in [0.05, 0.1) is 5.69 Å². The lowest BCUT2D eigenvalue weighted by atomic mass is 10.1. The molecule has 0 heterocycles. The topological polar surface area (TPSA) is 41.1 Å². The fourth-order valence-electron chi connectivity index (χ4n) is 1.69. The molecule has 0 aromatic heterocycles. The minimum absolute atomic E-state index is 0.0215. The second kappa shape index (κ2) is 7.15. The summed E-state index contributed by atoms with van der Waals surface area (Å²) in [6.45, 7) is 1.54. The third kappa shape index (κ3) is 4.62. The van der Waals surface area contributed by atoms with E-state index in [0.717, 1.165) is 20.3 Å². The van der Waals surface area contributed by atoms with Crippen LogP contribution in [-0.4, -0.2) is 10.9 Å². The van der Waals surface area contributed by atoms with Gasteiger partial charge in [-0.25, -0.2) is 0 Å². The smallest absolute Gasteiger partial charge is 0.175 e. The number of ketones is 1. The number of Topliss-reactive ketones (excluding diaryl/α,β-unsaturated/α-hetero) is 1. The molecule has 0 fully saturated rings. The van der Waals surface area contributed by atoms with Crippen molar-refractivity contribution in [2.45, 2.75) is 6.92 Å². The average molecular weight is 428 g/mol. The zero-order chi connectivity index (χ0) is 15.4. The van der Waals surface area contributed by atoms with Crippen molar-refractivity contribution >= 4 is 66.3 Å². The summed E-state index contributed by atoms with van der Waals surface area (Å²) in [5.41, 5.74) is 2.28. The summed E-state index contributed by atoms with van der Waals surface area (Å²) in [4.78, 5) is 11.4. The molecule has 108 valence electrons. The van der Waals surface area contributed by atoms with Gasteiger partial charge in [-0.15, -0.1) is 0 Å². The Balaban J connectivity index is 2.08. The van der Waals surface area contributed by atoms with E-state index in [4.69, 9.17) is 12.2 Å². The molecular weight excluding hydrogens is 416 g/mol. The predicted molar refractivity (Wildman–Crippen MR) is 98.1 cm³/mol. The summed E-state index contributed by atoms with van der Waals surface area (Å²) in [5.74, 6) is 0.0215. The van der Waals surface area contributed by atoms with Crippen LogP contribution in [0.25, 0.3) is 0 Å². The Hall–Kier alpha value is -1.24. The highest BCUT2D eigenvalue weighted by Gasteiger charge is 2.05. The lowest BCUT2D eigenvalue weighted by molar-refractivity contribution is 0.101. The number of rotatable bonds is 3. The minimum atomic E-state index is 0.0215. The van der Waals surface area contributed by atoms with Crippen LogP contribution >= 0.6 is 44.1 Å². The number of halogens is 2. The first-order valence-electron chi connectivity index (χ1n) is 6.10. The van der Waals surface area contributed by atoms with Crippen molar-refractivity contribution in [3.8, 4) is 0 Å². The lowest BCUT2D eigenvalue weighted by Crippen LogP contribution is -2.19. The highest BCUT2D eigenvalue weighted by Crippen LogP contribution is 2.26. The fraction of sp³-hybridized carbons (Fsp3) is 0.0667. The maximum absolute atomic E-state index is 11.4. The molecule has 2 aromatic rings. The predicted octanol–water partition coefficient (Wildman–Crippen LogP) is 5.22. The van der Waals surface area contributed by atoms with Gasteiger partial charge in [-0.1, -0.05) is 28.1 Å². The number of benzene rings is 2. The van der Waals surface area contributed by atoms with Crippen molar-refractivity contribution < 1.29 is 4.79 Å². The van der Waals surface area contributed by atoms with Crippen molar-refractivity contribution in [2.24, 2.45) is 0 Å². The van der Waals surface area contributed by atoms with Crippen LogP contribution in [0.5, 0.6) is 0 Å². The SMILES string of the molecule is CC(=O)c1cccc(NC(=S)Nc2ccc(Br)cc2Br)c1. The molecule has 0 atom stereocenters. The minimum Gasteiger partial charge on any atom is -0.332 e. The van der Waals surface area contributed by atoms with Gasteiger partial charge in [0.2, 0.25) is 0 Å². The molecule has 0 aliphatic rings. The molecule has 0 unspecified atom stereocenters. The molecule has 21 heavy (non-hydrogen) atoms. The van der Waals surface area contributed by atoms with Crippen LogP contribution in [0.15, 0.2) is 51.4 Å². The van der Waals surface area contributed by atoms with Crippen molar-refractivity contribution in [3.05, 3.63) is 57.0 Å². The van der Waals surface area contributed by atoms with E-state index in [1.165, 1.54) is 6.92 Å². The van der Waals surface area contributed by atoms with Gasteiger partial charge in [0, 0.05) is 20.2 Å². The molecule has 0 spiro atoms. The molecule has 0 radical (unpaired) electrons. The van der Waals surface area contributed by atoms with E-state index in [0.29, 0.717) is 10.7 Å².